The number of likely N-dealkylation sites (tertiary alicyclic amines) is 1. The molecule has 1 amide bonds. The van der Waals surface area contributed by atoms with Gasteiger partial charge in [0.2, 0.25) is 5.91 Å². The number of carbonyl (C=O) groups is 1. The molecule has 0 aromatic heterocycles. The standard InChI is InChI=1S/C17H31N3O4S.ClH/c1-17(12-18)5-6-19(13-17)10-16(21)20(9-15-3-2-7-24-15)14-4-8-25(22,23)11-14;/h14-15H,2-13,18H2,1H3;1H. The lowest BCUT2D eigenvalue weighted by Gasteiger charge is -2.32. The molecule has 0 aromatic rings. The van der Waals surface area contributed by atoms with Gasteiger partial charge in [0, 0.05) is 25.7 Å². The van der Waals surface area contributed by atoms with E-state index in [9.17, 15) is 13.2 Å². The van der Waals surface area contributed by atoms with Gasteiger partial charge in [-0.1, -0.05) is 6.92 Å². The normalized spacial score (nSPS) is 33.9. The summed E-state index contributed by atoms with van der Waals surface area (Å²) in [6, 6.07) is -0.204. The van der Waals surface area contributed by atoms with Crippen LogP contribution in [0.3, 0.4) is 0 Å². The molecule has 3 rings (SSSR count). The van der Waals surface area contributed by atoms with Crippen LogP contribution in [0.5, 0.6) is 0 Å². The van der Waals surface area contributed by atoms with Gasteiger partial charge in [-0.25, -0.2) is 8.42 Å². The number of nitrogens with zero attached hydrogens (tertiary/aromatic N) is 2. The van der Waals surface area contributed by atoms with Crippen LogP contribution in [0.25, 0.3) is 0 Å². The van der Waals surface area contributed by atoms with Gasteiger partial charge in [-0.05, 0) is 44.2 Å². The first-order valence-electron chi connectivity index (χ1n) is 9.34. The predicted octanol–water partition coefficient (Wildman–Crippen LogP) is 0.274. The summed E-state index contributed by atoms with van der Waals surface area (Å²) in [4.78, 5) is 16.9. The first-order chi connectivity index (χ1) is 11.8. The molecule has 0 spiro atoms. The zero-order valence-corrected chi connectivity index (χ0v) is 17.2. The van der Waals surface area contributed by atoms with Crippen LogP contribution in [0.1, 0.15) is 32.6 Å². The topological polar surface area (TPSA) is 92.9 Å². The summed E-state index contributed by atoms with van der Waals surface area (Å²) in [6.45, 7) is 6.07. The van der Waals surface area contributed by atoms with Crippen molar-refractivity contribution in [1.82, 2.24) is 9.80 Å². The average Bonchev–Trinajstić information content (AvgIpc) is 3.26. The van der Waals surface area contributed by atoms with E-state index >= 15 is 0 Å². The minimum Gasteiger partial charge on any atom is -0.376 e. The van der Waals surface area contributed by atoms with E-state index in [4.69, 9.17) is 10.5 Å². The summed E-state index contributed by atoms with van der Waals surface area (Å²) in [7, 11) is -3.02. The second-order valence-corrected chi connectivity index (χ2v) is 10.4. The van der Waals surface area contributed by atoms with E-state index in [-0.39, 0.29) is 47.4 Å². The Morgan fingerprint density at radius 2 is 2.15 bits per heavy atom. The molecule has 2 N–H and O–H groups in total. The summed E-state index contributed by atoms with van der Waals surface area (Å²) >= 11 is 0. The molecule has 152 valence electrons. The number of halogens is 1. The summed E-state index contributed by atoms with van der Waals surface area (Å²) in [5.74, 6) is 0.298. The Bertz CT molecular complexity index is 597. The van der Waals surface area contributed by atoms with Gasteiger partial charge in [0.05, 0.1) is 24.2 Å². The lowest BCUT2D eigenvalue weighted by molar-refractivity contribution is -0.135. The monoisotopic (exact) mass is 409 g/mol. The maximum Gasteiger partial charge on any atom is 0.237 e. The zero-order valence-electron chi connectivity index (χ0n) is 15.6. The van der Waals surface area contributed by atoms with Crippen LogP contribution < -0.4 is 5.73 Å². The van der Waals surface area contributed by atoms with Crippen molar-refractivity contribution in [2.24, 2.45) is 11.1 Å². The molecule has 0 saturated carbocycles. The number of rotatable bonds is 6. The van der Waals surface area contributed by atoms with Crippen molar-refractivity contribution < 1.29 is 17.9 Å². The van der Waals surface area contributed by atoms with Crippen LogP contribution in [0, 0.1) is 5.41 Å². The molecule has 3 aliphatic rings. The van der Waals surface area contributed by atoms with Crippen LogP contribution in [-0.2, 0) is 19.4 Å². The lowest BCUT2D eigenvalue weighted by atomic mass is 9.90. The Morgan fingerprint density at radius 3 is 2.69 bits per heavy atom. The SMILES string of the molecule is CC1(CN)CCN(CC(=O)N(CC2CCCO2)C2CCS(=O)(=O)C2)C1.Cl. The van der Waals surface area contributed by atoms with Crippen LogP contribution >= 0.6 is 12.4 Å². The predicted molar refractivity (Wildman–Crippen MR) is 103 cm³/mol. The third kappa shape index (κ3) is 5.32. The van der Waals surface area contributed by atoms with Gasteiger partial charge in [-0.2, -0.15) is 0 Å². The number of hydrogen-bond donors (Lipinski definition) is 1. The number of nitrogens with two attached hydrogens (primary N) is 1. The van der Waals surface area contributed by atoms with Crippen molar-refractivity contribution in [3.8, 4) is 0 Å². The van der Waals surface area contributed by atoms with Crippen molar-refractivity contribution >= 4 is 28.2 Å². The third-order valence-electron chi connectivity index (χ3n) is 5.88. The largest absolute Gasteiger partial charge is 0.376 e. The Balaban J connectivity index is 0.00000243. The van der Waals surface area contributed by atoms with Crippen molar-refractivity contribution in [3.63, 3.8) is 0 Å². The molecule has 3 saturated heterocycles. The van der Waals surface area contributed by atoms with E-state index in [2.05, 4.69) is 11.8 Å². The van der Waals surface area contributed by atoms with E-state index in [1.807, 2.05) is 0 Å². The smallest absolute Gasteiger partial charge is 0.237 e. The molecule has 3 heterocycles. The first kappa shape index (κ1) is 21.9. The summed E-state index contributed by atoms with van der Waals surface area (Å²) < 4.78 is 29.5. The molecule has 7 nitrogen and oxygen atoms in total. The second kappa shape index (κ2) is 8.73. The van der Waals surface area contributed by atoms with E-state index in [0.717, 1.165) is 39.0 Å². The molecule has 9 heteroatoms. The van der Waals surface area contributed by atoms with Crippen molar-refractivity contribution in [2.75, 3.05) is 50.8 Å². The minimum absolute atomic E-state index is 0. The van der Waals surface area contributed by atoms with Gasteiger partial charge in [0.15, 0.2) is 9.84 Å². The number of ether oxygens (including phenoxy) is 1. The first-order valence-corrected chi connectivity index (χ1v) is 11.2. The van der Waals surface area contributed by atoms with Crippen molar-refractivity contribution in [1.29, 1.82) is 0 Å². The van der Waals surface area contributed by atoms with Gasteiger partial charge in [-0.3, -0.25) is 9.69 Å². The van der Waals surface area contributed by atoms with Crippen molar-refractivity contribution in [3.05, 3.63) is 0 Å². The van der Waals surface area contributed by atoms with Crippen LogP contribution in [0.2, 0.25) is 0 Å². The Hall–Kier alpha value is -0.410. The lowest BCUT2D eigenvalue weighted by Crippen LogP contribution is -2.49. The van der Waals surface area contributed by atoms with Gasteiger partial charge in [0.1, 0.15) is 0 Å². The third-order valence-corrected chi connectivity index (χ3v) is 7.63. The molecular weight excluding hydrogens is 378 g/mol. The maximum absolute atomic E-state index is 13.0. The molecule has 3 aliphatic heterocycles. The molecule has 3 fully saturated rings. The highest BCUT2D eigenvalue weighted by Gasteiger charge is 2.38. The molecule has 0 aliphatic carbocycles. The van der Waals surface area contributed by atoms with Gasteiger partial charge < -0.3 is 15.4 Å². The molecular formula is C17H32ClN3O4S. The number of hydrogen-bond acceptors (Lipinski definition) is 6. The number of amides is 1. The van der Waals surface area contributed by atoms with Crippen LogP contribution in [0.15, 0.2) is 0 Å². The van der Waals surface area contributed by atoms with Crippen LogP contribution in [-0.4, -0.2) is 87.1 Å². The number of sulfone groups is 1. The summed E-state index contributed by atoms with van der Waals surface area (Å²) in [6.07, 6.45) is 3.54. The van der Waals surface area contributed by atoms with Crippen molar-refractivity contribution in [2.45, 2.75) is 44.8 Å². The highest BCUT2D eigenvalue weighted by molar-refractivity contribution is 7.91. The summed E-state index contributed by atoms with van der Waals surface area (Å²) in [5, 5.41) is 0. The zero-order chi connectivity index (χ0) is 18.1. The summed E-state index contributed by atoms with van der Waals surface area (Å²) in [5.41, 5.74) is 5.93. The van der Waals surface area contributed by atoms with Gasteiger partial charge >= 0.3 is 0 Å². The van der Waals surface area contributed by atoms with E-state index in [1.54, 1.807) is 4.90 Å². The fourth-order valence-electron chi connectivity index (χ4n) is 4.19. The average molecular weight is 410 g/mol. The molecule has 3 unspecified atom stereocenters. The van der Waals surface area contributed by atoms with Gasteiger partial charge in [0.25, 0.3) is 0 Å². The van der Waals surface area contributed by atoms with E-state index in [0.29, 0.717) is 26.1 Å². The second-order valence-electron chi connectivity index (χ2n) is 8.21. The fourth-order valence-corrected chi connectivity index (χ4v) is 5.92. The van der Waals surface area contributed by atoms with Crippen LogP contribution in [0.4, 0.5) is 0 Å². The molecule has 3 atom stereocenters. The highest BCUT2D eigenvalue weighted by atomic mass is 35.5. The molecule has 0 radical (unpaired) electrons. The maximum atomic E-state index is 13.0. The highest BCUT2D eigenvalue weighted by Crippen LogP contribution is 2.29. The molecule has 0 bridgehead atoms. The molecule has 0 aromatic carbocycles. The Morgan fingerprint density at radius 1 is 1.38 bits per heavy atom. The quantitative estimate of drug-likeness (QED) is 0.677. The molecule has 26 heavy (non-hydrogen) atoms. The number of carbonyl (C=O) groups excluding carboxylic acids is 1. The Labute approximate surface area is 162 Å². The van der Waals surface area contributed by atoms with Gasteiger partial charge in [-0.15, -0.1) is 12.4 Å². The minimum atomic E-state index is -3.02. The Kier molecular flexibility index (Phi) is 7.35. The van der Waals surface area contributed by atoms with E-state index < -0.39 is 9.84 Å². The fraction of sp³-hybridized carbons (Fsp3) is 0.941. The van der Waals surface area contributed by atoms with E-state index in [1.165, 1.54) is 0 Å².